The van der Waals surface area contributed by atoms with Crippen molar-refractivity contribution in [2.45, 2.75) is 30.8 Å². The zero-order valence-electron chi connectivity index (χ0n) is 17.0. The maximum Gasteiger partial charge on any atom is 0.235 e. The van der Waals surface area contributed by atoms with Crippen molar-refractivity contribution in [3.8, 4) is 11.4 Å². The second-order valence-electron chi connectivity index (χ2n) is 7.40. The molecule has 152 valence electrons. The number of rotatable bonds is 7. The summed E-state index contributed by atoms with van der Waals surface area (Å²) in [5.74, 6) is 0.527. The van der Waals surface area contributed by atoms with E-state index in [4.69, 9.17) is 0 Å². The van der Waals surface area contributed by atoms with Gasteiger partial charge in [-0.05, 0) is 35.7 Å². The monoisotopic (exact) mass is 412 g/mol. The van der Waals surface area contributed by atoms with E-state index in [1.807, 2.05) is 48.7 Å². The maximum atomic E-state index is 13.4. The van der Waals surface area contributed by atoms with Gasteiger partial charge in [-0.2, -0.15) is 0 Å². The molecule has 3 rings (SSSR count). The van der Waals surface area contributed by atoms with Crippen molar-refractivity contribution in [2.75, 3.05) is 14.1 Å². The summed E-state index contributed by atoms with van der Waals surface area (Å²) in [7, 11) is 3.52. The topological polar surface area (TPSA) is 51.0 Å². The highest BCUT2D eigenvalue weighted by molar-refractivity contribution is 8.00. The van der Waals surface area contributed by atoms with Crippen LogP contribution in [0.5, 0.6) is 0 Å². The Bertz CT molecular complexity index is 955. The summed E-state index contributed by atoms with van der Waals surface area (Å²) in [6, 6.07) is 16.2. The van der Waals surface area contributed by atoms with E-state index in [0.29, 0.717) is 17.5 Å². The number of nitrogens with zero attached hydrogens (tertiary/aromatic N) is 4. The average Bonchev–Trinajstić information content (AvgIpc) is 3.09. The number of benzene rings is 2. The molecule has 0 saturated carbocycles. The first kappa shape index (κ1) is 21.0. The highest BCUT2D eigenvalue weighted by Gasteiger charge is 2.28. The van der Waals surface area contributed by atoms with Gasteiger partial charge >= 0.3 is 0 Å². The average molecular weight is 413 g/mol. The molecular weight excluding hydrogens is 387 g/mol. The second kappa shape index (κ2) is 9.22. The van der Waals surface area contributed by atoms with E-state index in [-0.39, 0.29) is 22.9 Å². The molecule has 0 saturated heterocycles. The number of amides is 1. The Kier molecular flexibility index (Phi) is 6.69. The Morgan fingerprint density at radius 2 is 1.72 bits per heavy atom. The third-order valence-electron chi connectivity index (χ3n) is 4.52. The number of hydrogen-bond donors (Lipinski definition) is 0. The van der Waals surface area contributed by atoms with Crippen LogP contribution in [0, 0.1) is 11.7 Å². The Labute approximate surface area is 175 Å². The van der Waals surface area contributed by atoms with Gasteiger partial charge in [0.25, 0.3) is 0 Å². The van der Waals surface area contributed by atoms with Gasteiger partial charge in [0.15, 0.2) is 11.0 Å². The lowest BCUT2D eigenvalue weighted by Crippen LogP contribution is -2.35. The SMILES string of the molecule is CC(C)C(Sc1nnc(-c2ccc(F)cc2)n1Cc1ccccc1)C(=O)N(C)C. The van der Waals surface area contributed by atoms with Crippen molar-refractivity contribution in [3.05, 3.63) is 66.0 Å². The predicted molar refractivity (Wildman–Crippen MR) is 114 cm³/mol. The van der Waals surface area contributed by atoms with Crippen molar-refractivity contribution in [3.63, 3.8) is 0 Å². The number of aromatic nitrogens is 3. The van der Waals surface area contributed by atoms with Crippen molar-refractivity contribution in [1.29, 1.82) is 0 Å². The Morgan fingerprint density at radius 1 is 1.07 bits per heavy atom. The minimum Gasteiger partial charge on any atom is -0.348 e. The molecule has 5 nitrogen and oxygen atoms in total. The van der Waals surface area contributed by atoms with Crippen LogP contribution < -0.4 is 0 Å². The van der Waals surface area contributed by atoms with Crippen LogP contribution in [0.25, 0.3) is 11.4 Å². The Balaban J connectivity index is 2.02. The fourth-order valence-corrected chi connectivity index (χ4v) is 4.11. The fraction of sp³-hybridized carbons (Fsp3) is 0.318. The summed E-state index contributed by atoms with van der Waals surface area (Å²) < 4.78 is 15.4. The zero-order chi connectivity index (χ0) is 21.0. The van der Waals surface area contributed by atoms with Crippen LogP contribution in [0.15, 0.2) is 59.8 Å². The summed E-state index contributed by atoms with van der Waals surface area (Å²) in [5, 5.41) is 9.16. The quantitative estimate of drug-likeness (QED) is 0.542. The van der Waals surface area contributed by atoms with Crippen molar-refractivity contribution >= 4 is 17.7 Å². The van der Waals surface area contributed by atoms with Gasteiger partial charge in [0.2, 0.25) is 5.91 Å². The van der Waals surface area contributed by atoms with Crippen molar-refractivity contribution < 1.29 is 9.18 Å². The smallest absolute Gasteiger partial charge is 0.235 e. The molecule has 1 amide bonds. The lowest BCUT2D eigenvalue weighted by molar-refractivity contribution is -0.128. The number of thioether (sulfide) groups is 1. The Morgan fingerprint density at radius 3 is 2.31 bits per heavy atom. The van der Waals surface area contributed by atoms with Gasteiger partial charge in [-0.1, -0.05) is 55.9 Å². The number of halogens is 1. The number of carbonyl (C=O) groups is 1. The van der Waals surface area contributed by atoms with Gasteiger partial charge in [-0.3, -0.25) is 9.36 Å². The highest BCUT2D eigenvalue weighted by atomic mass is 32.2. The summed E-state index contributed by atoms with van der Waals surface area (Å²) >= 11 is 1.42. The zero-order valence-corrected chi connectivity index (χ0v) is 17.9. The largest absolute Gasteiger partial charge is 0.348 e. The maximum absolute atomic E-state index is 13.4. The molecule has 0 aliphatic rings. The molecule has 1 unspecified atom stereocenters. The van der Waals surface area contributed by atoms with Crippen LogP contribution in [0.2, 0.25) is 0 Å². The van der Waals surface area contributed by atoms with Crippen LogP contribution in [-0.2, 0) is 11.3 Å². The highest BCUT2D eigenvalue weighted by Crippen LogP contribution is 2.31. The van der Waals surface area contributed by atoms with E-state index in [1.54, 1.807) is 31.1 Å². The normalized spacial score (nSPS) is 12.2. The number of hydrogen-bond acceptors (Lipinski definition) is 4. The molecule has 0 fully saturated rings. The van der Waals surface area contributed by atoms with Crippen molar-refractivity contribution in [2.24, 2.45) is 5.92 Å². The predicted octanol–water partition coefficient (Wildman–Crippen LogP) is 4.34. The summed E-state index contributed by atoms with van der Waals surface area (Å²) in [4.78, 5) is 14.3. The van der Waals surface area contributed by atoms with E-state index in [9.17, 15) is 9.18 Å². The molecule has 3 aromatic rings. The molecular formula is C22H25FN4OS. The standard InChI is InChI=1S/C22H25FN4OS/c1-15(2)19(21(28)26(3)4)29-22-25-24-20(17-10-12-18(23)13-11-17)27(22)14-16-8-6-5-7-9-16/h5-13,15,19H,14H2,1-4H3. The molecule has 2 aromatic carbocycles. The molecule has 0 spiro atoms. The van der Waals surface area contributed by atoms with E-state index in [1.165, 1.54) is 23.9 Å². The molecule has 0 bridgehead atoms. The molecule has 29 heavy (non-hydrogen) atoms. The van der Waals surface area contributed by atoms with Gasteiger partial charge in [0, 0.05) is 19.7 Å². The number of carbonyl (C=O) groups excluding carboxylic acids is 1. The minimum absolute atomic E-state index is 0.0441. The molecule has 1 atom stereocenters. The molecule has 7 heteroatoms. The van der Waals surface area contributed by atoms with Gasteiger partial charge < -0.3 is 4.90 Å². The molecule has 0 aliphatic carbocycles. The molecule has 1 heterocycles. The molecule has 0 aliphatic heterocycles. The lowest BCUT2D eigenvalue weighted by Gasteiger charge is -2.23. The first-order valence-electron chi connectivity index (χ1n) is 9.47. The van der Waals surface area contributed by atoms with Gasteiger partial charge in [0.05, 0.1) is 11.8 Å². The Hall–Kier alpha value is -2.67. The lowest BCUT2D eigenvalue weighted by atomic mass is 10.1. The van der Waals surface area contributed by atoms with Gasteiger partial charge in [-0.15, -0.1) is 10.2 Å². The van der Waals surface area contributed by atoms with Crippen LogP contribution in [0.4, 0.5) is 4.39 Å². The van der Waals surface area contributed by atoms with Crippen molar-refractivity contribution in [1.82, 2.24) is 19.7 Å². The van der Waals surface area contributed by atoms with Crippen LogP contribution in [-0.4, -0.2) is 44.9 Å². The summed E-state index contributed by atoms with van der Waals surface area (Å²) in [5.41, 5.74) is 1.87. The van der Waals surface area contributed by atoms with E-state index in [0.717, 1.165) is 11.1 Å². The molecule has 1 aromatic heterocycles. The summed E-state index contributed by atoms with van der Waals surface area (Å²) in [6.45, 7) is 4.61. The van der Waals surface area contributed by atoms with Gasteiger partial charge in [0.1, 0.15) is 5.82 Å². The van der Waals surface area contributed by atoms with Crippen LogP contribution in [0.3, 0.4) is 0 Å². The van der Waals surface area contributed by atoms with Crippen LogP contribution in [0.1, 0.15) is 19.4 Å². The first-order chi connectivity index (χ1) is 13.9. The fourth-order valence-electron chi connectivity index (χ4n) is 2.94. The first-order valence-corrected chi connectivity index (χ1v) is 10.4. The molecule has 0 N–H and O–H groups in total. The van der Waals surface area contributed by atoms with Crippen LogP contribution >= 0.6 is 11.8 Å². The van der Waals surface area contributed by atoms with Gasteiger partial charge in [-0.25, -0.2) is 4.39 Å². The van der Waals surface area contributed by atoms with E-state index < -0.39 is 0 Å². The third kappa shape index (κ3) is 5.03. The second-order valence-corrected chi connectivity index (χ2v) is 8.51. The third-order valence-corrected chi connectivity index (χ3v) is 6.04. The molecule has 0 radical (unpaired) electrons. The van der Waals surface area contributed by atoms with E-state index in [2.05, 4.69) is 10.2 Å². The van der Waals surface area contributed by atoms with E-state index >= 15 is 0 Å². The minimum atomic E-state index is -0.297. The summed E-state index contributed by atoms with van der Waals surface area (Å²) in [6.07, 6.45) is 0.